The van der Waals surface area contributed by atoms with Gasteiger partial charge < -0.3 is 18.9 Å². The highest BCUT2D eigenvalue weighted by molar-refractivity contribution is 5.79. The molecule has 7 nitrogen and oxygen atoms in total. The highest BCUT2D eigenvalue weighted by Gasteiger charge is 2.38. The van der Waals surface area contributed by atoms with Gasteiger partial charge in [-0.3, -0.25) is 14.6 Å². The van der Waals surface area contributed by atoms with Crippen LogP contribution in [0.2, 0.25) is 0 Å². The van der Waals surface area contributed by atoms with Crippen LogP contribution in [0.4, 0.5) is 0 Å². The Balaban J connectivity index is 0.000000223. The van der Waals surface area contributed by atoms with E-state index in [4.69, 9.17) is 18.9 Å². The molecular formula is C32H60N2O5. The van der Waals surface area contributed by atoms with Gasteiger partial charge in [-0.25, -0.2) is 0 Å². The van der Waals surface area contributed by atoms with Crippen LogP contribution in [-0.2, 0) is 23.7 Å². The van der Waals surface area contributed by atoms with Crippen molar-refractivity contribution in [2.24, 2.45) is 11.8 Å². The van der Waals surface area contributed by atoms with Crippen molar-refractivity contribution in [2.75, 3.05) is 65.8 Å². The largest absolute Gasteiger partial charge is 0.381 e. The lowest BCUT2D eigenvalue weighted by molar-refractivity contribution is -0.255. The van der Waals surface area contributed by atoms with Gasteiger partial charge in [0, 0.05) is 104 Å². The van der Waals surface area contributed by atoms with Crippen LogP contribution in [0.15, 0.2) is 0 Å². The van der Waals surface area contributed by atoms with E-state index in [2.05, 4.69) is 37.5 Å². The fourth-order valence-electron chi connectivity index (χ4n) is 7.15. The van der Waals surface area contributed by atoms with E-state index in [1.807, 2.05) is 0 Å². The van der Waals surface area contributed by atoms with Crippen molar-refractivity contribution < 1.29 is 23.7 Å². The summed E-state index contributed by atoms with van der Waals surface area (Å²) in [5.41, 5.74) is 0. The molecule has 4 aliphatic rings. The zero-order valence-electron chi connectivity index (χ0n) is 25.8. The standard InChI is InChI=1S/C18H35NO3.C14H25NO2/c1-4-20-15-16-7-9-17(10-8-16)19-13-11-18(12-14-19,21-5-2)22-6-3;1-2-17-11-12-3-5-13(6-4-12)15-9-7-14(16)8-10-15/h16-17H,4-15H2,1-3H3;12-13H,2-11H2,1H3. The fraction of sp³-hybridized carbons (Fsp3) is 0.969. The van der Waals surface area contributed by atoms with E-state index in [0.717, 1.165) is 115 Å². The lowest BCUT2D eigenvalue weighted by atomic mass is 9.85. The average Bonchev–Trinajstić information content (AvgIpc) is 2.97. The van der Waals surface area contributed by atoms with E-state index in [1.165, 1.54) is 51.4 Å². The molecule has 0 amide bonds. The molecule has 4 fully saturated rings. The van der Waals surface area contributed by atoms with Gasteiger partial charge in [0.25, 0.3) is 0 Å². The third kappa shape index (κ3) is 11.0. The van der Waals surface area contributed by atoms with Crippen molar-refractivity contribution in [3.05, 3.63) is 0 Å². The minimum Gasteiger partial charge on any atom is -0.381 e. The molecule has 39 heavy (non-hydrogen) atoms. The summed E-state index contributed by atoms with van der Waals surface area (Å²) in [6.45, 7) is 17.6. The molecule has 0 bridgehead atoms. The topological polar surface area (TPSA) is 60.5 Å². The number of hydrogen-bond acceptors (Lipinski definition) is 7. The van der Waals surface area contributed by atoms with Gasteiger partial charge in [-0.1, -0.05) is 0 Å². The Morgan fingerprint density at radius 2 is 1.03 bits per heavy atom. The summed E-state index contributed by atoms with van der Waals surface area (Å²) in [5, 5.41) is 0. The van der Waals surface area contributed by atoms with Crippen LogP contribution in [0.1, 0.15) is 105 Å². The van der Waals surface area contributed by atoms with E-state index < -0.39 is 0 Å². The lowest BCUT2D eigenvalue weighted by Crippen LogP contribution is -2.51. The molecular weight excluding hydrogens is 492 g/mol. The normalized spacial score (nSPS) is 30.5. The van der Waals surface area contributed by atoms with Gasteiger partial charge in [-0.05, 0) is 90.9 Å². The van der Waals surface area contributed by atoms with Crippen LogP contribution in [0.25, 0.3) is 0 Å². The van der Waals surface area contributed by atoms with Crippen LogP contribution < -0.4 is 0 Å². The summed E-state index contributed by atoms with van der Waals surface area (Å²) in [6, 6.07) is 1.50. The molecule has 0 spiro atoms. The highest BCUT2D eigenvalue weighted by Crippen LogP contribution is 2.34. The van der Waals surface area contributed by atoms with Crippen molar-refractivity contribution in [1.29, 1.82) is 0 Å². The maximum absolute atomic E-state index is 11.2. The first kappa shape index (κ1) is 32.9. The number of carbonyl (C=O) groups excluding carboxylic acids is 1. The van der Waals surface area contributed by atoms with Gasteiger partial charge in [-0.2, -0.15) is 0 Å². The Bertz CT molecular complexity index is 635. The maximum Gasteiger partial charge on any atom is 0.170 e. The molecule has 228 valence electrons. The van der Waals surface area contributed by atoms with Crippen molar-refractivity contribution in [1.82, 2.24) is 9.80 Å². The van der Waals surface area contributed by atoms with Crippen molar-refractivity contribution in [2.45, 2.75) is 123 Å². The second kappa shape index (κ2) is 18.1. The zero-order valence-corrected chi connectivity index (χ0v) is 25.8. The first-order valence-electron chi connectivity index (χ1n) is 16.5. The van der Waals surface area contributed by atoms with Crippen LogP contribution in [0.5, 0.6) is 0 Å². The number of nitrogens with zero attached hydrogens (tertiary/aromatic N) is 2. The number of likely N-dealkylation sites (tertiary alicyclic amines) is 2. The lowest BCUT2D eigenvalue weighted by Gasteiger charge is -2.45. The summed E-state index contributed by atoms with van der Waals surface area (Å²) < 4.78 is 23.0. The Hall–Kier alpha value is -0.570. The molecule has 2 aliphatic heterocycles. The Labute approximate surface area is 239 Å². The third-order valence-corrected chi connectivity index (χ3v) is 9.51. The Morgan fingerprint density at radius 3 is 1.41 bits per heavy atom. The molecule has 0 atom stereocenters. The second-order valence-electron chi connectivity index (χ2n) is 12.1. The summed E-state index contributed by atoms with van der Waals surface area (Å²) >= 11 is 0. The van der Waals surface area contributed by atoms with Crippen LogP contribution in [-0.4, -0.2) is 99.3 Å². The van der Waals surface area contributed by atoms with E-state index in [-0.39, 0.29) is 5.79 Å². The first-order chi connectivity index (χ1) is 19.0. The number of piperidine rings is 2. The van der Waals surface area contributed by atoms with Gasteiger partial charge in [0.1, 0.15) is 5.78 Å². The third-order valence-electron chi connectivity index (χ3n) is 9.51. The van der Waals surface area contributed by atoms with Crippen LogP contribution in [0, 0.1) is 11.8 Å². The molecule has 0 N–H and O–H groups in total. The van der Waals surface area contributed by atoms with E-state index in [0.29, 0.717) is 5.78 Å². The molecule has 2 saturated heterocycles. The highest BCUT2D eigenvalue weighted by atomic mass is 16.7. The van der Waals surface area contributed by atoms with Gasteiger partial charge >= 0.3 is 0 Å². The number of rotatable bonds is 12. The van der Waals surface area contributed by atoms with E-state index in [1.54, 1.807) is 0 Å². The molecule has 0 aromatic rings. The maximum atomic E-state index is 11.2. The SMILES string of the molecule is CCOCC1CCC(N2CCC(=O)CC2)CC1.CCOCC1CCC(N2CCC(OCC)(OCC)CC2)CC1. The number of ether oxygens (including phenoxy) is 4. The molecule has 2 aliphatic carbocycles. The number of hydrogen-bond donors (Lipinski definition) is 0. The van der Waals surface area contributed by atoms with Gasteiger partial charge in [0.15, 0.2) is 5.79 Å². The summed E-state index contributed by atoms with van der Waals surface area (Å²) in [5.74, 6) is 1.70. The number of ketones is 1. The number of carbonyl (C=O) groups is 1. The summed E-state index contributed by atoms with van der Waals surface area (Å²) in [4.78, 5) is 16.4. The molecule has 7 heteroatoms. The van der Waals surface area contributed by atoms with E-state index >= 15 is 0 Å². The molecule has 0 aromatic carbocycles. The van der Waals surface area contributed by atoms with Gasteiger partial charge in [0.2, 0.25) is 0 Å². The Morgan fingerprint density at radius 1 is 0.615 bits per heavy atom. The van der Waals surface area contributed by atoms with E-state index in [9.17, 15) is 4.79 Å². The molecule has 2 saturated carbocycles. The molecule has 0 unspecified atom stereocenters. The molecule has 0 radical (unpaired) electrons. The zero-order chi connectivity index (χ0) is 27.9. The predicted molar refractivity (Wildman–Crippen MR) is 157 cm³/mol. The molecule has 4 rings (SSSR count). The smallest absolute Gasteiger partial charge is 0.170 e. The van der Waals surface area contributed by atoms with Gasteiger partial charge in [0.05, 0.1) is 0 Å². The quantitative estimate of drug-likeness (QED) is 0.288. The van der Waals surface area contributed by atoms with Gasteiger partial charge in [-0.15, -0.1) is 0 Å². The van der Waals surface area contributed by atoms with Crippen LogP contribution >= 0.6 is 0 Å². The van der Waals surface area contributed by atoms with Crippen molar-refractivity contribution >= 4 is 5.78 Å². The average molecular weight is 553 g/mol. The minimum atomic E-state index is -0.313. The predicted octanol–water partition coefficient (Wildman–Crippen LogP) is 5.69. The van der Waals surface area contributed by atoms with Crippen LogP contribution in [0.3, 0.4) is 0 Å². The minimum absolute atomic E-state index is 0.313. The molecule has 0 aromatic heterocycles. The molecule has 2 heterocycles. The monoisotopic (exact) mass is 552 g/mol. The Kier molecular flexibility index (Phi) is 15.3. The van der Waals surface area contributed by atoms with Crippen molar-refractivity contribution in [3.8, 4) is 0 Å². The summed E-state index contributed by atoms with van der Waals surface area (Å²) in [7, 11) is 0. The second-order valence-corrected chi connectivity index (χ2v) is 12.1. The summed E-state index contributed by atoms with van der Waals surface area (Å²) in [6.07, 6.45) is 14.1. The van der Waals surface area contributed by atoms with Crippen molar-refractivity contribution in [3.63, 3.8) is 0 Å². The first-order valence-corrected chi connectivity index (χ1v) is 16.5. The number of Topliss-reactive ketones (excluding diaryl/α,β-unsaturated/α-hetero) is 1. The fourth-order valence-corrected chi connectivity index (χ4v) is 7.15.